The van der Waals surface area contributed by atoms with Crippen molar-refractivity contribution in [3.8, 4) is 0 Å². The Morgan fingerprint density at radius 2 is 2.05 bits per heavy atom. The molecular weight excluding hydrogens is 250 g/mol. The zero-order valence-corrected chi connectivity index (χ0v) is 13.0. The van der Waals surface area contributed by atoms with E-state index in [2.05, 4.69) is 36.9 Å². The van der Waals surface area contributed by atoms with Crippen LogP contribution in [-0.2, 0) is 4.74 Å². The monoisotopic (exact) mass is 277 g/mol. The first-order chi connectivity index (χ1) is 9.53. The molecule has 1 aromatic heterocycles. The lowest BCUT2D eigenvalue weighted by atomic mass is 9.94. The number of hydrogen-bond acceptors (Lipinski definition) is 3. The van der Waals surface area contributed by atoms with Crippen LogP contribution in [0.4, 0.5) is 5.95 Å². The summed E-state index contributed by atoms with van der Waals surface area (Å²) in [6.45, 7) is 7.30. The van der Waals surface area contributed by atoms with Crippen molar-refractivity contribution in [2.24, 2.45) is 0 Å². The lowest BCUT2D eigenvalue weighted by molar-refractivity contribution is -0.0688. The van der Waals surface area contributed by atoms with E-state index in [-0.39, 0.29) is 5.60 Å². The number of anilines is 1. The van der Waals surface area contributed by atoms with Gasteiger partial charge in [-0.25, -0.2) is 4.98 Å². The maximum atomic E-state index is 5.84. The van der Waals surface area contributed by atoms with Crippen LogP contribution in [0.2, 0.25) is 0 Å². The van der Waals surface area contributed by atoms with Crippen molar-refractivity contribution in [1.82, 2.24) is 9.55 Å². The molecule has 1 aliphatic heterocycles. The Morgan fingerprint density at radius 1 is 1.30 bits per heavy atom. The van der Waals surface area contributed by atoms with E-state index < -0.39 is 0 Å². The Bertz CT molecular complexity index is 460. The van der Waals surface area contributed by atoms with Crippen LogP contribution in [0, 0.1) is 6.92 Å². The molecule has 2 heterocycles. The molecule has 1 aromatic rings. The van der Waals surface area contributed by atoms with E-state index in [0.29, 0.717) is 12.1 Å². The van der Waals surface area contributed by atoms with Crippen LogP contribution in [0.15, 0.2) is 6.20 Å². The van der Waals surface area contributed by atoms with Crippen molar-refractivity contribution in [2.75, 3.05) is 11.9 Å². The second-order valence-electron chi connectivity index (χ2n) is 6.99. The molecule has 1 atom stereocenters. The summed E-state index contributed by atoms with van der Waals surface area (Å²) in [6.07, 6.45) is 9.60. The number of hydrogen-bond donors (Lipinski definition) is 1. The first-order valence-corrected chi connectivity index (χ1v) is 7.99. The van der Waals surface area contributed by atoms with Crippen LogP contribution < -0.4 is 5.32 Å². The molecule has 2 fully saturated rings. The Morgan fingerprint density at radius 3 is 2.75 bits per heavy atom. The Kier molecular flexibility index (Phi) is 3.76. The minimum atomic E-state index is -0.0221. The van der Waals surface area contributed by atoms with E-state index in [1.165, 1.54) is 25.7 Å². The van der Waals surface area contributed by atoms with Gasteiger partial charge in [-0.05, 0) is 46.5 Å². The second kappa shape index (κ2) is 5.40. The molecule has 20 heavy (non-hydrogen) atoms. The Labute approximate surface area is 121 Å². The van der Waals surface area contributed by atoms with Crippen molar-refractivity contribution < 1.29 is 4.74 Å². The number of aryl methyl sites for hydroxylation is 1. The molecule has 1 saturated carbocycles. The first kappa shape index (κ1) is 13.9. The summed E-state index contributed by atoms with van der Waals surface area (Å²) in [6, 6.07) is 1.12. The van der Waals surface area contributed by atoms with Crippen LogP contribution in [0.1, 0.15) is 64.1 Å². The smallest absolute Gasteiger partial charge is 0.203 e. The van der Waals surface area contributed by atoms with Crippen molar-refractivity contribution in [1.29, 1.82) is 0 Å². The van der Waals surface area contributed by atoms with Gasteiger partial charge in [-0.2, -0.15) is 0 Å². The average Bonchev–Trinajstić information content (AvgIpc) is 2.98. The molecule has 0 spiro atoms. The van der Waals surface area contributed by atoms with Gasteiger partial charge in [0.25, 0.3) is 0 Å². The third kappa shape index (κ3) is 3.00. The third-order valence-electron chi connectivity index (χ3n) is 4.61. The highest BCUT2D eigenvalue weighted by atomic mass is 16.5. The van der Waals surface area contributed by atoms with Gasteiger partial charge in [0.05, 0.1) is 11.3 Å². The summed E-state index contributed by atoms with van der Waals surface area (Å²) in [5, 5.41) is 3.67. The van der Waals surface area contributed by atoms with E-state index in [0.717, 1.165) is 31.1 Å². The van der Waals surface area contributed by atoms with Crippen LogP contribution >= 0.6 is 0 Å². The SMILES string of the molecule is Cc1cn(C2CCOC(C)(C)C2)c(NC2CCCC2)n1. The van der Waals surface area contributed by atoms with Crippen molar-refractivity contribution in [2.45, 2.75) is 77.0 Å². The number of rotatable bonds is 3. The minimum Gasteiger partial charge on any atom is -0.375 e. The second-order valence-corrected chi connectivity index (χ2v) is 6.99. The highest BCUT2D eigenvalue weighted by Crippen LogP contribution is 2.34. The molecule has 1 N–H and O–H groups in total. The van der Waals surface area contributed by atoms with Gasteiger partial charge in [-0.15, -0.1) is 0 Å². The van der Waals surface area contributed by atoms with E-state index in [4.69, 9.17) is 9.72 Å². The Balaban J connectivity index is 1.77. The predicted molar refractivity (Wildman–Crippen MR) is 81.1 cm³/mol. The fourth-order valence-electron chi connectivity index (χ4n) is 3.59. The van der Waals surface area contributed by atoms with Crippen molar-refractivity contribution >= 4 is 5.95 Å². The fraction of sp³-hybridized carbons (Fsp3) is 0.812. The third-order valence-corrected chi connectivity index (χ3v) is 4.61. The molecule has 0 radical (unpaired) electrons. The Hall–Kier alpha value is -1.03. The maximum Gasteiger partial charge on any atom is 0.203 e. The maximum absolute atomic E-state index is 5.84. The summed E-state index contributed by atoms with van der Waals surface area (Å²) in [5.74, 6) is 1.07. The molecule has 1 aliphatic carbocycles. The first-order valence-electron chi connectivity index (χ1n) is 7.99. The normalized spacial score (nSPS) is 26.9. The summed E-state index contributed by atoms with van der Waals surface area (Å²) in [7, 11) is 0. The quantitative estimate of drug-likeness (QED) is 0.916. The number of imidazole rings is 1. The van der Waals surface area contributed by atoms with Crippen LogP contribution in [0.5, 0.6) is 0 Å². The highest BCUT2D eigenvalue weighted by molar-refractivity contribution is 5.31. The summed E-state index contributed by atoms with van der Waals surface area (Å²) >= 11 is 0. The van der Waals surface area contributed by atoms with E-state index in [1.54, 1.807) is 0 Å². The zero-order valence-electron chi connectivity index (χ0n) is 13.0. The molecule has 0 bridgehead atoms. The molecule has 4 heteroatoms. The molecule has 0 aromatic carbocycles. The van der Waals surface area contributed by atoms with Gasteiger partial charge in [0.1, 0.15) is 0 Å². The number of aromatic nitrogens is 2. The van der Waals surface area contributed by atoms with Gasteiger partial charge >= 0.3 is 0 Å². The van der Waals surface area contributed by atoms with Gasteiger partial charge in [-0.1, -0.05) is 12.8 Å². The van der Waals surface area contributed by atoms with Crippen LogP contribution in [0.3, 0.4) is 0 Å². The molecule has 1 unspecified atom stereocenters. The lowest BCUT2D eigenvalue weighted by Crippen LogP contribution is -2.35. The highest BCUT2D eigenvalue weighted by Gasteiger charge is 2.31. The van der Waals surface area contributed by atoms with E-state index in [9.17, 15) is 0 Å². The standard InChI is InChI=1S/C16H27N3O/c1-12-11-19(14-8-9-20-16(2,3)10-14)15(17-12)18-13-6-4-5-7-13/h11,13-14H,4-10H2,1-3H3,(H,17,18). The molecule has 4 nitrogen and oxygen atoms in total. The summed E-state index contributed by atoms with van der Waals surface area (Å²) in [5.41, 5.74) is 1.08. The molecule has 0 amide bonds. The van der Waals surface area contributed by atoms with Gasteiger partial charge in [0, 0.05) is 24.9 Å². The average molecular weight is 277 g/mol. The molecule has 3 rings (SSSR count). The number of nitrogens with zero attached hydrogens (tertiary/aromatic N) is 2. The number of nitrogens with one attached hydrogen (secondary N) is 1. The largest absolute Gasteiger partial charge is 0.375 e. The molecule has 112 valence electrons. The van der Waals surface area contributed by atoms with Crippen molar-refractivity contribution in [3.05, 3.63) is 11.9 Å². The fourth-order valence-corrected chi connectivity index (χ4v) is 3.59. The van der Waals surface area contributed by atoms with Crippen molar-refractivity contribution in [3.63, 3.8) is 0 Å². The van der Waals surface area contributed by atoms with Gasteiger partial charge in [0.15, 0.2) is 0 Å². The summed E-state index contributed by atoms with van der Waals surface area (Å²) < 4.78 is 8.20. The van der Waals surface area contributed by atoms with Gasteiger partial charge in [-0.3, -0.25) is 0 Å². The molecule has 2 aliphatic rings. The summed E-state index contributed by atoms with van der Waals surface area (Å²) in [4.78, 5) is 4.71. The van der Waals surface area contributed by atoms with E-state index >= 15 is 0 Å². The minimum absolute atomic E-state index is 0.0221. The van der Waals surface area contributed by atoms with Gasteiger partial charge in [0.2, 0.25) is 5.95 Å². The topological polar surface area (TPSA) is 39.1 Å². The predicted octanol–water partition coefficient (Wildman–Crippen LogP) is 3.68. The molecule has 1 saturated heterocycles. The lowest BCUT2D eigenvalue weighted by Gasteiger charge is -2.36. The van der Waals surface area contributed by atoms with Crippen LogP contribution in [0.25, 0.3) is 0 Å². The molecular formula is C16H27N3O. The van der Waals surface area contributed by atoms with Gasteiger partial charge < -0.3 is 14.6 Å². The zero-order chi connectivity index (χ0) is 14.2. The van der Waals surface area contributed by atoms with E-state index in [1.807, 2.05) is 0 Å². The number of ether oxygens (including phenoxy) is 1. The van der Waals surface area contributed by atoms with Crippen LogP contribution in [-0.4, -0.2) is 27.8 Å².